The molecule has 0 saturated heterocycles. The van der Waals surface area contributed by atoms with Crippen molar-refractivity contribution in [2.24, 2.45) is 0 Å². The number of rotatable bonds is 5. The fourth-order valence-corrected chi connectivity index (χ4v) is 4.29. The average molecular weight is 419 g/mol. The normalized spacial score (nSPS) is 18.9. The molecule has 4 N–H and O–H groups in total. The van der Waals surface area contributed by atoms with E-state index in [2.05, 4.69) is 31.0 Å². The predicted octanol–water partition coefficient (Wildman–Crippen LogP) is 2.57. The minimum absolute atomic E-state index is 0.0353. The van der Waals surface area contributed by atoms with Gasteiger partial charge >= 0.3 is 0 Å². The van der Waals surface area contributed by atoms with E-state index in [0.29, 0.717) is 5.95 Å². The maximum atomic E-state index is 11.3. The number of aromatic amines is 1. The summed E-state index contributed by atoms with van der Waals surface area (Å²) in [5, 5.41) is 15.2. The lowest BCUT2D eigenvalue weighted by Crippen LogP contribution is -2.39. The van der Waals surface area contributed by atoms with Crippen LogP contribution in [0.3, 0.4) is 0 Å². The molecule has 4 aromatic rings. The highest BCUT2D eigenvalue weighted by Crippen LogP contribution is 2.32. The Morgan fingerprint density at radius 3 is 2.74 bits per heavy atom. The van der Waals surface area contributed by atoms with Gasteiger partial charge in [-0.2, -0.15) is 15.1 Å². The van der Waals surface area contributed by atoms with E-state index >= 15 is 0 Å². The predicted molar refractivity (Wildman–Crippen MR) is 119 cm³/mol. The zero-order valence-corrected chi connectivity index (χ0v) is 17.5. The first kappa shape index (κ1) is 19.3. The minimum Gasteiger partial charge on any atom is -0.372 e. The van der Waals surface area contributed by atoms with Crippen molar-refractivity contribution in [1.82, 2.24) is 34.9 Å². The minimum atomic E-state index is 0.0353. The molecular formula is C21H25N9O. The number of fused-ring (bicyclic) bond motifs is 2. The fourth-order valence-electron chi connectivity index (χ4n) is 4.29. The molecule has 1 aliphatic rings. The number of anilines is 2. The van der Waals surface area contributed by atoms with Gasteiger partial charge in [-0.1, -0.05) is 0 Å². The Morgan fingerprint density at radius 1 is 1.16 bits per heavy atom. The van der Waals surface area contributed by atoms with Gasteiger partial charge in [0.1, 0.15) is 11.5 Å². The first-order chi connectivity index (χ1) is 15.1. The molecule has 31 heavy (non-hydrogen) atoms. The molecule has 4 heterocycles. The fraction of sp³-hybridized carbons (Fsp3) is 0.381. The molecule has 4 aromatic heterocycles. The second-order valence-corrected chi connectivity index (χ2v) is 7.91. The molecule has 160 valence electrons. The maximum Gasteiger partial charge on any atom is 0.226 e. The summed E-state index contributed by atoms with van der Waals surface area (Å²) in [6.45, 7) is 1.57. The third kappa shape index (κ3) is 3.76. The summed E-state index contributed by atoms with van der Waals surface area (Å²) < 4.78 is 1.75. The Balaban J connectivity index is 1.40. The third-order valence-electron chi connectivity index (χ3n) is 5.77. The quantitative estimate of drug-likeness (QED) is 0.392. The molecule has 5 rings (SSSR count). The summed E-state index contributed by atoms with van der Waals surface area (Å²) >= 11 is 0. The van der Waals surface area contributed by atoms with Gasteiger partial charge in [0.2, 0.25) is 11.9 Å². The lowest BCUT2D eigenvalue weighted by Gasteiger charge is -2.29. The van der Waals surface area contributed by atoms with E-state index < -0.39 is 0 Å². The van der Waals surface area contributed by atoms with E-state index in [9.17, 15) is 4.79 Å². The van der Waals surface area contributed by atoms with Crippen molar-refractivity contribution in [1.29, 1.82) is 0 Å². The number of imidazole rings is 1. The standard InChI is InChI=1S/C21H25N9O/c1-12(31)25-13-3-5-14(6-4-13)26-21-27-19(22-2)18-15(11-24-20(18)28-21)16-7-8-17-23-9-10-30(17)29-16/h7-11,13-14H,3-6H2,1-2H3,(H,25,31)(H3,22,24,26,27,28)/t13-,14+. The van der Waals surface area contributed by atoms with E-state index in [4.69, 9.17) is 9.97 Å². The number of nitrogens with one attached hydrogen (secondary N) is 4. The molecule has 0 radical (unpaired) electrons. The summed E-state index contributed by atoms with van der Waals surface area (Å²) in [7, 11) is 1.85. The molecule has 10 heteroatoms. The molecule has 0 atom stereocenters. The number of carbonyl (C=O) groups is 1. The van der Waals surface area contributed by atoms with Gasteiger partial charge < -0.3 is 20.9 Å². The van der Waals surface area contributed by atoms with Gasteiger partial charge in [0, 0.05) is 50.2 Å². The van der Waals surface area contributed by atoms with Crippen LogP contribution in [0.1, 0.15) is 32.6 Å². The van der Waals surface area contributed by atoms with E-state index in [0.717, 1.165) is 59.4 Å². The number of hydrogen-bond acceptors (Lipinski definition) is 7. The highest BCUT2D eigenvalue weighted by atomic mass is 16.1. The van der Waals surface area contributed by atoms with Crippen LogP contribution in [-0.4, -0.2) is 54.6 Å². The second kappa shape index (κ2) is 7.86. The molecule has 0 aliphatic heterocycles. The van der Waals surface area contributed by atoms with Crippen molar-refractivity contribution in [3.63, 3.8) is 0 Å². The first-order valence-corrected chi connectivity index (χ1v) is 10.5. The van der Waals surface area contributed by atoms with Gasteiger partial charge in [0.25, 0.3) is 0 Å². The molecule has 0 aromatic carbocycles. The molecule has 1 aliphatic carbocycles. The van der Waals surface area contributed by atoms with Gasteiger partial charge in [-0.25, -0.2) is 9.50 Å². The molecule has 0 unspecified atom stereocenters. The highest BCUT2D eigenvalue weighted by molar-refractivity contribution is 6.00. The number of carbonyl (C=O) groups excluding carboxylic acids is 1. The number of amides is 1. The Morgan fingerprint density at radius 2 is 1.97 bits per heavy atom. The van der Waals surface area contributed by atoms with Crippen LogP contribution in [0, 0.1) is 0 Å². The Bertz CT molecular complexity index is 1240. The number of hydrogen-bond donors (Lipinski definition) is 4. The van der Waals surface area contributed by atoms with Gasteiger partial charge in [0.15, 0.2) is 5.65 Å². The summed E-state index contributed by atoms with van der Waals surface area (Å²) in [6, 6.07) is 4.43. The van der Waals surface area contributed by atoms with Crippen LogP contribution in [0.15, 0.2) is 30.7 Å². The molecule has 1 saturated carbocycles. The Hall–Kier alpha value is -3.69. The molecule has 0 bridgehead atoms. The molecule has 10 nitrogen and oxygen atoms in total. The van der Waals surface area contributed by atoms with Crippen molar-refractivity contribution >= 4 is 34.4 Å². The van der Waals surface area contributed by atoms with Crippen LogP contribution in [-0.2, 0) is 4.79 Å². The van der Waals surface area contributed by atoms with Crippen LogP contribution in [0.2, 0.25) is 0 Å². The topological polar surface area (TPSA) is 125 Å². The van der Waals surface area contributed by atoms with Gasteiger partial charge in [-0.15, -0.1) is 0 Å². The highest BCUT2D eigenvalue weighted by Gasteiger charge is 2.23. The molecular weight excluding hydrogens is 394 g/mol. The summed E-state index contributed by atoms with van der Waals surface area (Å²) in [6.07, 6.45) is 9.30. The molecule has 1 fully saturated rings. The monoisotopic (exact) mass is 419 g/mol. The summed E-state index contributed by atoms with van der Waals surface area (Å²) in [4.78, 5) is 28.2. The number of aromatic nitrogens is 6. The van der Waals surface area contributed by atoms with E-state index in [1.165, 1.54) is 0 Å². The molecule has 0 spiro atoms. The van der Waals surface area contributed by atoms with Crippen molar-refractivity contribution in [2.45, 2.75) is 44.7 Å². The van der Waals surface area contributed by atoms with Crippen LogP contribution < -0.4 is 16.0 Å². The third-order valence-corrected chi connectivity index (χ3v) is 5.77. The van der Waals surface area contributed by atoms with Crippen LogP contribution >= 0.6 is 0 Å². The van der Waals surface area contributed by atoms with Crippen LogP contribution in [0.4, 0.5) is 11.8 Å². The van der Waals surface area contributed by atoms with Gasteiger partial charge in [-0.05, 0) is 37.8 Å². The molecule has 1 amide bonds. The van der Waals surface area contributed by atoms with E-state index in [1.807, 2.05) is 31.6 Å². The number of H-pyrrole nitrogens is 1. The van der Waals surface area contributed by atoms with Crippen LogP contribution in [0.5, 0.6) is 0 Å². The van der Waals surface area contributed by atoms with E-state index in [1.54, 1.807) is 17.6 Å². The smallest absolute Gasteiger partial charge is 0.226 e. The zero-order valence-electron chi connectivity index (χ0n) is 17.5. The van der Waals surface area contributed by atoms with Crippen molar-refractivity contribution in [3.8, 4) is 11.3 Å². The Labute approximate surface area is 178 Å². The number of nitrogens with zero attached hydrogens (tertiary/aromatic N) is 5. The Kier molecular flexibility index (Phi) is 4.89. The maximum absolute atomic E-state index is 11.3. The van der Waals surface area contributed by atoms with Gasteiger partial charge in [-0.3, -0.25) is 4.79 Å². The lowest BCUT2D eigenvalue weighted by atomic mass is 9.91. The van der Waals surface area contributed by atoms with Crippen molar-refractivity contribution < 1.29 is 4.79 Å². The first-order valence-electron chi connectivity index (χ1n) is 10.5. The van der Waals surface area contributed by atoms with Crippen molar-refractivity contribution in [3.05, 3.63) is 30.7 Å². The zero-order chi connectivity index (χ0) is 21.4. The lowest BCUT2D eigenvalue weighted by molar-refractivity contribution is -0.119. The van der Waals surface area contributed by atoms with Crippen molar-refractivity contribution in [2.75, 3.05) is 17.7 Å². The van der Waals surface area contributed by atoms with Crippen LogP contribution in [0.25, 0.3) is 27.9 Å². The average Bonchev–Trinajstić information content (AvgIpc) is 3.40. The van der Waals surface area contributed by atoms with Gasteiger partial charge in [0.05, 0.1) is 11.1 Å². The SMILES string of the molecule is CNc1nc(N[C@H]2CC[C@@H](NC(C)=O)CC2)nc2[nH]cc(-c3ccc4nccn4n3)c12. The largest absolute Gasteiger partial charge is 0.372 e. The summed E-state index contributed by atoms with van der Waals surface area (Å²) in [5.41, 5.74) is 3.29. The van der Waals surface area contributed by atoms with E-state index in [-0.39, 0.29) is 18.0 Å². The second-order valence-electron chi connectivity index (χ2n) is 7.91. The summed E-state index contributed by atoms with van der Waals surface area (Å²) in [5.74, 6) is 1.36.